The lowest BCUT2D eigenvalue weighted by atomic mass is 10.0. The lowest BCUT2D eigenvalue weighted by Gasteiger charge is -2.17. The summed E-state index contributed by atoms with van der Waals surface area (Å²) in [6.07, 6.45) is -3.65. The third-order valence-electron chi connectivity index (χ3n) is 4.02. The Balaban J connectivity index is 2.54. The first-order chi connectivity index (χ1) is 12.3. The number of benzene rings is 1. The average Bonchev–Trinajstić information content (AvgIpc) is 2.89. The summed E-state index contributed by atoms with van der Waals surface area (Å²) in [6.45, 7) is 1.13. The van der Waals surface area contributed by atoms with Gasteiger partial charge in [-0.1, -0.05) is 23.7 Å². The van der Waals surface area contributed by atoms with E-state index in [9.17, 15) is 26.4 Å². The van der Waals surface area contributed by atoms with Crippen LogP contribution in [-0.4, -0.2) is 49.8 Å². The number of carbonyl (C=O) groups is 1. The van der Waals surface area contributed by atoms with Crippen LogP contribution in [-0.2, 0) is 16.0 Å². The Morgan fingerprint density at radius 1 is 1.22 bits per heavy atom. The molecule has 5 nitrogen and oxygen atoms in total. The minimum atomic E-state index is -4.67. The largest absolute Gasteiger partial charge is 0.431 e. The van der Waals surface area contributed by atoms with Crippen molar-refractivity contribution >= 4 is 27.3 Å². The molecule has 0 fully saturated rings. The zero-order chi connectivity index (χ0) is 20.6. The van der Waals surface area contributed by atoms with Crippen LogP contribution in [0.3, 0.4) is 0 Å². The summed E-state index contributed by atoms with van der Waals surface area (Å²) in [5, 5.41) is 0.404. The number of amides is 1. The quantitative estimate of drug-likeness (QED) is 0.797. The first-order valence-corrected chi connectivity index (χ1v) is 10.2. The maximum atomic E-state index is 13.3. The highest BCUT2D eigenvalue weighted by Gasteiger charge is 2.38. The fourth-order valence-corrected chi connectivity index (χ4v) is 3.34. The second-order valence-corrected chi connectivity index (χ2v) is 8.93. The summed E-state index contributed by atoms with van der Waals surface area (Å²) in [7, 11) is -1.99. The number of aromatic amines is 1. The van der Waals surface area contributed by atoms with Crippen LogP contribution in [0, 0.1) is 6.92 Å². The molecule has 27 heavy (non-hydrogen) atoms. The lowest BCUT2D eigenvalue weighted by Crippen LogP contribution is -2.32. The molecule has 0 aliphatic rings. The van der Waals surface area contributed by atoms with Crippen LogP contribution in [0.1, 0.15) is 21.7 Å². The standard InChI is InChI=1S/C17H18ClF3N2O3S/c1-10-13(11-4-6-12(18)7-5-11)14(22-15(10)17(19,20)21)16(24)23(2)8-9-27(3,25)26/h4-7,22H,8-9H2,1-3H3. The Hall–Kier alpha value is -2.00. The normalized spacial score (nSPS) is 12.3. The number of halogens is 4. The van der Waals surface area contributed by atoms with Gasteiger partial charge in [0.25, 0.3) is 5.91 Å². The van der Waals surface area contributed by atoms with Crippen LogP contribution >= 0.6 is 11.6 Å². The number of carbonyl (C=O) groups excluding carboxylic acids is 1. The van der Waals surface area contributed by atoms with E-state index in [1.165, 1.54) is 38.2 Å². The summed E-state index contributed by atoms with van der Waals surface area (Å²) < 4.78 is 62.6. The van der Waals surface area contributed by atoms with Gasteiger partial charge in [-0.3, -0.25) is 4.79 Å². The molecule has 0 aliphatic heterocycles. The molecule has 0 bridgehead atoms. The van der Waals surface area contributed by atoms with Gasteiger partial charge >= 0.3 is 6.18 Å². The topological polar surface area (TPSA) is 70.2 Å². The number of nitrogens with one attached hydrogen (secondary N) is 1. The molecule has 10 heteroatoms. The number of alkyl halides is 3. The predicted octanol–water partition coefficient (Wildman–Crippen LogP) is 3.78. The van der Waals surface area contributed by atoms with Crippen molar-refractivity contribution < 1.29 is 26.4 Å². The minimum absolute atomic E-state index is 0.107. The molecule has 2 rings (SSSR count). The van der Waals surface area contributed by atoms with Gasteiger partial charge in [-0.15, -0.1) is 0 Å². The number of hydrogen-bond acceptors (Lipinski definition) is 3. The third-order valence-corrected chi connectivity index (χ3v) is 5.20. The Morgan fingerprint density at radius 2 is 1.78 bits per heavy atom. The van der Waals surface area contributed by atoms with Gasteiger partial charge in [0.1, 0.15) is 21.2 Å². The van der Waals surface area contributed by atoms with Gasteiger partial charge in [-0.25, -0.2) is 8.42 Å². The van der Waals surface area contributed by atoms with E-state index in [2.05, 4.69) is 4.98 Å². The molecule has 1 amide bonds. The van der Waals surface area contributed by atoms with Crippen molar-refractivity contribution in [1.82, 2.24) is 9.88 Å². The van der Waals surface area contributed by atoms with Crippen molar-refractivity contribution in [2.24, 2.45) is 0 Å². The van der Waals surface area contributed by atoms with Crippen LogP contribution in [0.4, 0.5) is 13.2 Å². The van der Waals surface area contributed by atoms with E-state index in [1.54, 1.807) is 0 Å². The molecule has 0 saturated carbocycles. The molecule has 0 spiro atoms. The monoisotopic (exact) mass is 422 g/mol. The number of hydrogen-bond donors (Lipinski definition) is 1. The van der Waals surface area contributed by atoms with Crippen molar-refractivity contribution in [1.29, 1.82) is 0 Å². The Bertz CT molecular complexity index is 951. The molecule has 0 atom stereocenters. The predicted molar refractivity (Wildman–Crippen MR) is 97.6 cm³/mol. The number of H-pyrrole nitrogens is 1. The molecule has 0 aliphatic carbocycles. The smallest absolute Gasteiger partial charge is 0.346 e. The molecule has 1 aromatic heterocycles. The van der Waals surface area contributed by atoms with Crippen LogP contribution in [0.15, 0.2) is 24.3 Å². The first kappa shape index (κ1) is 21.3. The Morgan fingerprint density at radius 3 is 2.26 bits per heavy atom. The maximum Gasteiger partial charge on any atom is 0.431 e. The summed E-state index contributed by atoms with van der Waals surface area (Å²) in [5.41, 5.74) is -0.895. The number of rotatable bonds is 5. The van der Waals surface area contributed by atoms with Crippen molar-refractivity contribution in [3.63, 3.8) is 0 Å². The van der Waals surface area contributed by atoms with E-state index >= 15 is 0 Å². The van der Waals surface area contributed by atoms with E-state index in [0.29, 0.717) is 10.6 Å². The van der Waals surface area contributed by atoms with Gasteiger partial charge in [0.15, 0.2) is 0 Å². The molecular weight excluding hydrogens is 405 g/mol. The van der Waals surface area contributed by atoms with E-state index in [0.717, 1.165) is 11.2 Å². The molecule has 2 aromatic rings. The highest BCUT2D eigenvalue weighted by molar-refractivity contribution is 7.90. The second kappa shape index (κ2) is 7.55. The number of nitrogens with zero attached hydrogens (tertiary/aromatic N) is 1. The summed E-state index contributed by atoms with van der Waals surface area (Å²) in [5.74, 6) is -1.03. The van der Waals surface area contributed by atoms with Crippen LogP contribution in [0.2, 0.25) is 5.02 Å². The molecule has 1 aromatic carbocycles. The first-order valence-electron chi connectivity index (χ1n) is 7.80. The Kier molecular flexibility index (Phi) is 5.96. The molecule has 1 N–H and O–H groups in total. The van der Waals surface area contributed by atoms with Crippen LogP contribution in [0.25, 0.3) is 11.1 Å². The van der Waals surface area contributed by atoms with Crippen molar-refractivity contribution in [2.45, 2.75) is 13.1 Å². The second-order valence-electron chi connectivity index (χ2n) is 6.24. The van der Waals surface area contributed by atoms with E-state index in [-0.39, 0.29) is 29.1 Å². The van der Waals surface area contributed by atoms with Crippen molar-refractivity contribution in [3.05, 3.63) is 46.2 Å². The van der Waals surface area contributed by atoms with Gasteiger partial charge in [0.2, 0.25) is 0 Å². The minimum Gasteiger partial charge on any atom is -0.346 e. The highest BCUT2D eigenvalue weighted by atomic mass is 35.5. The van der Waals surface area contributed by atoms with Gasteiger partial charge < -0.3 is 9.88 Å². The van der Waals surface area contributed by atoms with Gasteiger partial charge in [0, 0.05) is 30.4 Å². The maximum absolute atomic E-state index is 13.3. The van der Waals surface area contributed by atoms with E-state index in [1.807, 2.05) is 0 Å². The lowest BCUT2D eigenvalue weighted by molar-refractivity contribution is -0.141. The third kappa shape index (κ3) is 5.04. The SMILES string of the molecule is Cc1c(C(F)(F)F)[nH]c(C(=O)N(C)CCS(C)(=O)=O)c1-c1ccc(Cl)cc1. The van der Waals surface area contributed by atoms with Gasteiger partial charge in [-0.2, -0.15) is 13.2 Å². The molecular formula is C17H18ClF3N2O3S. The summed E-state index contributed by atoms with van der Waals surface area (Å²) >= 11 is 5.83. The van der Waals surface area contributed by atoms with Crippen molar-refractivity contribution in [2.75, 3.05) is 25.6 Å². The highest BCUT2D eigenvalue weighted by Crippen LogP contribution is 2.38. The van der Waals surface area contributed by atoms with Gasteiger partial charge in [-0.05, 0) is 30.2 Å². The van der Waals surface area contributed by atoms with Crippen LogP contribution in [0.5, 0.6) is 0 Å². The molecule has 0 unspecified atom stereocenters. The molecule has 0 saturated heterocycles. The van der Waals surface area contributed by atoms with Gasteiger partial charge in [0.05, 0.1) is 5.75 Å². The Labute approximate surface area is 160 Å². The van der Waals surface area contributed by atoms with Crippen molar-refractivity contribution in [3.8, 4) is 11.1 Å². The number of sulfone groups is 1. The molecule has 1 heterocycles. The van der Waals surface area contributed by atoms with Crippen LogP contribution < -0.4 is 0 Å². The number of aromatic nitrogens is 1. The average molecular weight is 423 g/mol. The fourth-order valence-electron chi connectivity index (χ4n) is 2.61. The summed E-state index contributed by atoms with van der Waals surface area (Å²) in [6, 6.07) is 6.06. The zero-order valence-electron chi connectivity index (χ0n) is 14.8. The van der Waals surface area contributed by atoms with E-state index < -0.39 is 27.6 Å². The zero-order valence-corrected chi connectivity index (χ0v) is 16.4. The molecule has 148 valence electrons. The fraction of sp³-hybridized carbons (Fsp3) is 0.353. The van der Waals surface area contributed by atoms with E-state index in [4.69, 9.17) is 11.6 Å². The molecule has 0 radical (unpaired) electrons. The summed E-state index contributed by atoms with van der Waals surface area (Å²) in [4.78, 5) is 16.0.